The first kappa shape index (κ1) is 20.9. The maximum absolute atomic E-state index is 12.8. The van der Waals surface area contributed by atoms with Gasteiger partial charge in [-0.15, -0.1) is 0 Å². The average molecular weight is 441 g/mol. The van der Waals surface area contributed by atoms with Gasteiger partial charge in [0.2, 0.25) is 0 Å². The Morgan fingerprint density at radius 1 is 0.939 bits per heavy atom. The van der Waals surface area contributed by atoms with Gasteiger partial charge in [-0.3, -0.25) is 19.7 Å². The van der Waals surface area contributed by atoms with Gasteiger partial charge in [-0.1, -0.05) is 24.3 Å². The van der Waals surface area contributed by atoms with Crippen molar-refractivity contribution in [2.24, 2.45) is 0 Å². The van der Waals surface area contributed by atoms with Crippen LogP contribution in [0.1, 0.15) is 50.5 Å². The molecule has 2 aliphatic rings. The molecule has 1 aromatic heterocycles. The zero-order chi connectivity index (χ0) is 23.3. The van der Waals surface area contributed by atoms with Gasteiger partial charge in [0.15, 0.2) is 11.6 Å². The van der Waals surface area contributed by atoms with E-state index in [0.29, 0.717) is 22.5 Å². The van der Waals surface area contributed by atoms with Crippen LogP contribution >= 0.6 is 0 Å². The number of carbonyl (C=O) groups excluding carboxylic acids is 2. The lowest BCUT2D eigenvalue weighted by Gasteiger charge is -2.19. The van der Waals surface area contributed by atoms with Gasteiger partial charge in [-0.25, -0.2) is 0 Å². The van der Waals surface area contributed by atoms with Gasteiger partial charge in [-0.05, 0) is 56.5 Å². The molecule has 3 aromatic rings. The fraction of sp³-hybridized carbons (Fsp3) is 0.231. The minimum atomic E-state index is -0.332. The Hall–Kier alpha value is -4.00. The van der Waals surface area contributed by atoms with Gasteiger partial charge >= 0.3 is 0 Å². The van der Waals surface area contributed by atoms with Crippen LogP contribution in [0, 0.1) is 24.0 Å². The Morgan fingerprint density at radius 2 is 1.58 bits per heavy atom. The quantitative estimate of drug-likeness (QED) is 0.244. The van der Waals surface area contributed by atoms with E-state index < -0.39 is 0 Å². The number of Topliss-reactive ketones (excluding diaryl/α,β-unsaturated/α-hetero) is 2. The van der Waals surface area contributed by atoms with Gasteiger partial charge in [-0.2, -0.15) is 0 Å². The molecule has 166 valence electrons. The molecule has 2 aromatic carbocycles. The van der Waals surface area contributed by atoms with Gasteiger partial charge in [0.05, 0.1) is 16.2 Å². The molecule has 0 atom stereocenters. The number of rotatable bonds is 4. The summed E-state index contributed by atoms with van der Waals surface area (Å²) in [5, 5.41) is 11.8. The van der Waals surface area contributed by atoms with Crippen molar-refractivity contribution in [1.82, 2.24) is 4.57 Å². The molecule has 7 nitrogen and oxygen atoms in total. The van der Waals surface area contributed by atoms with Crippen molar-refractivity contribution < 1.29 is 14.5 Å². The highest BCUT2D eigenvalue weighted by Crippen LogP contribution is 2.35. The van der Waals surface area contributed by atoms with Crippen LogP contribution < -0.4 is 4.90 Å². The number of aromatic nitrogens is 1. The second kappa shape index (κ2) is 7.85. The summed E-state index contributed by atoms with van der Waals surface area (Å²) in [4.78, 5) is 39.1. The van der Waals surface area contributed by atoms with Crippen molar-refractivity contribution in [3.63, 3.8) is 0 Å². The van der Waals surface area contributed by atoms with Crippen LogP contribution in [0.4, 0.5) is 11.4 Å². The normalized spacial score (nSPS) is 15.3. The molecule has 0 N–H and O–H groups in total. The Bertz CT molecular complexity index is 1320. The third-order valence-corrected chi connectivity index (χ3v) is 6.54. The van der Waals surface area contributed by atoms with Gasteiger partial charge in [0, 0.05) is 41.7 Å². The molecule has 5 rings (SSSR count). The highest BCUT2D eigenvalue weighted by molar-refractivity contribution is 6.41. The highest BCUT2D eigenvalue weighted by atomic mass is 16.6. The monoisotopic (exact) mass is 441 g/mol. The first-order valence-electron chi connectivity index (χ1n) is 11.0. The number of benzene rings is 2. The third kappa shape index (κ3) is 3.36. The predicted molar refractivity (Wildman–Crippen MR) is 126 cm³/mol. The Labute approximate surface area is 191 Å². The molecule has 1 aliphatic heterocycles. The highest BCUT2D eigenvalue weighted by Gasteiger charge is 2.33. The Balaban J connectivity index is 1.56. The summed E-state index contributed by atoms with van der Waals surface area (Å²) in [7, 11) is 0. The maximum Gasteiger partial charge on any atom is 0.294 e. The van der Waals surface area contributed by atoms with E-state index >= 15 is 0 Å². The van der Waals surface area contributed by atoms with Crippen LogP contribution in [0.3, 0.4) is 0 Å². The van der Waals surface area contributed by atoms with Crippen LogP contribution in [0.15, 0.2) is 54.1 Å². The summed E-state index contributed by atoms with van der Waals surface area (Å²) in [5.74, 6) is -0.544. The molecule has 7 heteroatoms. The van der Waals surface area contributed by atoms with Crippen LogP contribution in [-0.4, -0.2) is 34.1 Å². The molecule has 0 radical (unpaired) electrons. The van der Waals surface area contributed by atoms with E-state index in [2.05, 4.69) is 4.90 Å². The number of nitrogens with zero attached hydrogens (tertiary/aromatic N) is 3. The summed E-state index contributed by atoms with van der Waals surface area (Å²) in [5.41, 5.74) is 4.81. The molecule has 0 bridgehead atoms. The summed E-state index contributed by atoms with van der Waals surface area (Å²) in [6.07, 6.45) is 3.71. The molecule has 0 saturated carbocycles. The summed E-state index contributed by atoms with van der Waals surface area (Å²) in [6, 6.07) is 14.0. The number of ketones is 2. The average Bonchev–Trinajstić information content (AvgIpc) is 3.49. The minimum Gasteiger partial charge on any atom is -0.366 e. The van der Waals surface area contributed by atoms with Crippen molar-refractivity contribution in [3.8, 4) is 5.69 Å². The Kier molecular flexibility index (Phi) is 4.96. The number of fused-ring (bicyclic) bond motifs is 1. The minimum absolute atomic E-state index is 0.0819. The molecular weight excluding hydrogens is 418 g/mol. The molecule has 33 heavy (non-hydrogen) atoms. The lowest BCUT2D eigenvalue weighted by molar-refractivity contribution is -0.384. The van der Waals surface area contributed by atoms with Crippen molar-refractivity contribution in [2.75, 3.05) is 18.0 Å². The zero-order valence-electron chi connectivity index (χ0n) is 18.5. The van der Waals surface area contributed by atoms with Gasteiger partial charge in [0.1, 0.15) is 5.69 Å². The van der Waals surface area contributed by atoms with Crippen LogP contribution in [0.25, 0.3) is 11.8 Å². The molecular formula is C26H23N3O4. The van der Waals surface area contributed by atoms with E-state index in [4.69, 9.17) is 0 Å². The van der Waals surface area contributed by atoms with E-state index in [1.165, 1.54) is 0 Å². The zero-order valence-corrected chi connectivity index (χ0v) is 18.5. The maximum atomic E-state index is 12.8. The number of carbonyl (C=O) groups is 2. The molecule has 0 amide bonds. The third-order valence-electron chi connectivity index (χ3n) is 6.54. The smallest absolute Gasteiger partial charge is 0.294 e. The molecule has 1 saturated heterocycles. The largest absolute Gasteiger partial charge is 0.366 e. The molecule has 1 fully saturated rings. The van der Waals surface area contributed by atoms with Crippen LogP contribution in [0.5, 0.6) is 0 Å². The fourth-order valence-electron chi connectivity index (χ4n) is 4.91. The lowest BCUT2D eigenvalue weighted by atomic mass is 10.1. The van der Waals surface area contributed by atoms with Crippen LogP contribution in [-0.2, 0) is 0 Å². The summed E-state index contributed by atoms with van der Waals surface area (Å²) in [6.45, 7) is 5.44. The number of aryl methyl sites for hydroxylation is 1. The first-order chi connectivity index (χ1) is 15.9. The van der Waals surface area contributed by atoms with E-state index in [1.807, 2.05) is 36.6 Å². The topological polar surface area (TPSA) is 85.5 Å². The van der Waals surface area contributed by atoms with Gasteiger partial charge in [0.25, 0.3) is 5.69 Å². The first-order valence-corrected chi connectivity index (χ1v) is 11.0. The van der Waals surface area contributed by atoms with Crippen molar-refractivity contribution >= 4 is 29.0 Å². The van der Waals surface area contributed by atoms with Crippen LogP contribution in [0.2, 0.25) is 0 Å². The molecule has 0 unspecified atom stereocenters. The predicted octanol–water partition coefficient (Wildman–Crippen LogP) is 5.07. The Morgan fingerprint density at radius 3 is 2.18 bits per heavy atom. The van der Waals surface area contributed by atoms with Crippen molar-refractivity contribution in [3.05, 3.63) is 92.3 Å². The number of hydrogen-bond acceptors (Lipinski definition) is 5. The van der Waals surface area contributed by atoms with Gasteiger partial charge < -0.3 is 9.47 Å². The van der Waals surface area contributed by atoms with Crippen molar-refractivity contribution in [1.29, 1.82) is 0 Å². The van der Waals surface area contributed by atoms with E-state index in [0.717, 1.165) is 42.9 Å². The summed E-state index contributed by atoms with van der Waals surface area (Å²) >= 11 is 0. The fourth-order valence-corrected chi connectivity index (χ4v) is 4.91. The summed E-state index contributed by atoms with van der Waals surface area (Å²) < 4.78 is 1.92. The van der Waals surface area contributed by atoms with E-state index in [1.54, 1.807) is 36.4 Å². The molecule has 1 aliphatic carbocycles. The number of allylic oxidation sites excluding steroid dienone is 1. The second-order valence-electron chi connectivity index (χ2n) is 8.55. The lowest BCUT2D eigenvalue weighted by Crippen LogP contribution is -2.19. The number of hydrogen-bond donors (Lipinski definition) is 0. The second-order valence-corrected chi connectivity index (χ2v) is 8.55. The van der Waals surface area contributed by atoms with Crippen molar-refractivity contribution in [2.45, 2.75) is 26.7 Å². The molecule has 2 heterocycles. The number of nitro benzene ring substituents is 1. The molecule has 0 spiro atoms. The van der Waals surface area contributed by atoms with E-state index in [-0.39, 0.29) is 27.8 Å². The standard InChI is InChI=1S/C26H23N3O4/c1-16-13-18(14-22-25(30)20-7-3-4-8-21(20)26(22)31)17(2)28(16)19-9-10-23(24(15-19)29(32)33)27-11-5-6-12-27/h3-4,7-10,13-15H,5-6,11-12H2,1-2H3. The number of nitro groups is 1. The SMILES string of the molecule is Cc1cc(C=C2C(=O)c3ccccc3C2=O)c(C)n1-c1ccc(N2CCCC2)c([N+](=O)[O-])c1. The number of anilines is 1. The van der Waals surface area contributed by atoms with E-state index in [9.17, 15) is 19.7 Å².